The molecule has 0 amide bonds. The van der Waals surface area contributed by atoms with Gasteiger partial charge in [0.1, 0.15) is 11.6 Å². The average Bonchev–Trinajstić information content (AvgIpc) is 2.18. The molecule has 0 fully saturated rings. The van der Waals surface area contributed by atoms with E-state index in [4.69, 9.17) is 5.73 Å². The number of benzene rings is 1. The Bertz CT molecular complexity index is 304. The van der Waals surface area contributed by atoms with Crippen molar-refractivity contribution in [3.05, 3.63) is 35.4 Å². The van der Waals surface area contributed by atoms with Gasteiger partial charge in [-0.2, -0.15) is 11.8 Å². The second-order valence-electron chi connectivity index (χ2n) is 3.05. The summed E-state index contributed by atoms with van der Waals surface area (Å²) in [7, 11) is 0. The van der Waals surface area contributed by atoms with Crippen LogP contribution in [0.2, 0.25) is 0 Å². The third kappa shape index (κ3) is 2.96. The summed E-state index contributed by atoms with van der Waals surface area (Å²) >= 11 is 1.64. The van der Waals surface area contributed by atoms with Crippen LogP contribution in [0.3, 0.4) is 0 Å². The molecule has 0 aliphatic carbocycles. The van der Waals surface area contributed by atoms with Gasteiger partial charge >= 0.3 is 0 Å². The van der Waals surface area contributed by atoms with Crippen LogP contribution in [0.25, 0.3) is 0 Å². The van der Waals surface area contributed by atoms with Crippen LogP contribution in [0, 0.1) is 11.6 Å². The third-order valence-corrected chi connectivity index (χ3v) is 2.63. The quantitative estimate of drug-likeness (QED) is 0.839. The summed E-state index contributed by atoms with van der Waals surface area (Å²) in [6.07, 6.45) is 2.61. The number of nitrogens with two attached hydrogens (primary N) is 1. The molecule has 0 saturated carbocycles. The molecule has 1 unspecified atom stereocenters. The molecule has 0 aliphatic heterocycles. The Morgan fingerprint density at radius 1 is 1.43 bits per heavy atom. The molecule has 2 N–H and O–H groups in total. The zero-order chi connectivity index (χ0) is 10.6. The highest BCUT2D eigenvalue weighted by atomic mass is 32.2. The molecule has 1 aromatic carbocycles. The van der Waals surface area contributed by atoms with Crippen LogP contribution in [0.15, 0.2) is 18.2 Å². The maximum Gasteiger partial charge on any atom is 0.128 e. The van der Waals surface area contributed by atoms with Gasteiger partial charge in [0.2, 0.25) is 0 Å². The predicted octanol–water partition coefficient (Wildman–Crippen LogP) is 2.72. The first-order chi connectivity index (χ1) is 6.65. The first-order valence-electron chi connectivity index (χ1n) is 4.34. The molecule has 0 radical (unpaired) electrons. The lowest BCUT2D eigenvalue weighted by Gasteiger charge is -2.11. The zero-order valence-electron chi connectivity index (χ0n) is 7.97. The summed E-state index contributed by atoms with van der Waals surface area (Å²) in [4.78, 5) is 0. The summed E-state index contributed by atoms with van der Waals surface area (Å²) in [5.41, 5.74) is 5.99. The molecule has 0 aromatic heterocycles. The van der Waals surface area contributed by atoms with E-state index < -0.39 is 17.7 Å². The van der Waals surface area contributed by atoms with Crippen molar-refractivity contribution in [3.63, 3.8) is 0 Å². The molecule has 0 saturated heterocycles. The Labute approximate surface area is 86.7 Å². The molecule has 0 aliphatic rings. The van der Waals surface area contributed by atoms with Gasteiger partial charge in [0.15, 0.2) is 0 Å². The fraction of sp³-hybridized carbons (Fsp3) is 0.400. The van der Waals surface area contributed by atoms with Gasteiger partial charge in [-0.3, -0.25) is 0 Å². The largest absolute Gasteiger partial charge is 0.324 e. The van der Waals surface area contributed by atoms with Crippen molar-refractivity contribution >= 4 is 11.8 Å². The fourth-order valence-electron chi connectivity index (χ4n) is 1.20. The van der Waals surface area contributed by atoms with Crippen LogP contribution >= 0.6 is 11.8 Å². The Morgan fingerprint density at radius 2 is 2.14 bits per heavy atom. The van der Waals surface area contributed by atoms with E-state index in [1.54, 1.807) is 11.8 Å². The molecule has 1 rings (SSSR count). The Hall–Kier alpha value is -0.610. The van der Waals surface area contributed by atoms with Gasteiger partial charge in [0, 0.05) is 11.6 Å². The monoisotopic (exact) mass is 217 g/mol. The molecule has 0 heterocycles. The van der Waals surface area contributed by atoms with Gasteiger partial charge < -0.3 is 5.73 Å². The van der Waals surface area contributed by atoms with E-state index >= 15 is 0 Å². The second-order valence-corrected chi connectivity index (χ2v) is 4.04. The van der Waals surface area contributed by atoms with E-state index in [9.17, 15) is 8.78 Å². The highest BCUT2D eigenvalue weighted by Crippen LogP contribution is 2.20. The van der Waals surface area contributed by atoms with Gasteiger partial charge in [-0.15, -0.1) is 0 Å². The van der Waals surface area contributed by atoms with Crippen molar-refractivity contribution in [1.29, 1.82) is 0 Å². The lowest BCUT2D eigenvalue weighted by Crippen LogP contribution is -2.13. The highest BCUT2D eigenvalue weighted by molar-refractivity contribution is 7.98. The first-order valence-corrected chi connectivity index (χ1v) is 5.74. The fourth-order valence-corrected chi connectivity index (χ4v) is 1.69. The maximum atomic E-state index is 13.2. The van der Waals surface area contributed by atoms with Crippen molar-refractivity contribution < 1.29 is 8.78 Å². The number of hydrogen-bond donors (Lipinski definition) is 1. The molecular formula is C10H13F2NS. The summed E-state index contributed by atoms with van der Waals surface area (Å²) in [6, 6.07) is 2.96. The highest BCUT2D eigenvalue weighted by Gasteiger charge is 2.11. The number of thioether (sulfide) groups is 1. The van der Waals surface area contributed by atoms with E-state index in [0.29, 0.717) is 6.42 Å². The van der Waals surface area contributed by atoms with Crippen molar-refractivity contribution in [1.82, 2.24) is 0 Å². The van der Waals surface area contributed by atoms with Crippen LogP contribution in [0.1, 0.15) is 18.0 Å². The van der Waals surface area contributed by atoms with Gasteiger partial charge in [0.25, 0.3) is 0 Å². The Morgan fingerprint density at radius 3 is 2.79 bits per heavy atom. The molecule has 78 valence electrons. The predicted molar refractivity (Wildman–Crippen MR) is 56.3 cm³/mol. The van der Waals surface area contributed by atoms with Crippen molar-refractivity contribution in [2.75, 3.05) is 12.0 Å². The normalized spacial score (nSPS) is 12.9. The lowest BCUT2D eigenvalue weighted by atomic mass is 10.0. The van der Waals surface area contributed by atoms with Crippen molar-refractivity contribution in [2.45, 2.75) is 12.5 Å². The van der Waals surface area contributed by atoms with Gasteiger partial charge in [-0.25, -0.2) is 8.78 Å². The SMILES string of the molecule is CSCCC(N)c1cc(F)ccc1F. The van der Waals surface area contributed by atoms with Crippen molar-refractivity contribution in [2.24, 2.45) is 5.73 Å². The average molecular weight is 217 g/mol. The molecule has 0 spiro atoms. The van der Waals surface area contributed by atoms with Gasteiger partial charge in [-0.1, -0.05) is 0 Å². The van der Waals surface area contributed by atoms with E-state index in [-0.39, 0.29) is 5.56 Å². The second kappa shape index (κ2) is 5.32. The molecule has 14 heavy (non-hydrogen) atoms. The summed E-state index contributed by atoms with van der Waals surface area (Å²) < 4.78 is 26.0. The topological polar surface area (TPSA) is 26.0 Å². The van der Waals surface area contributed by atoms with Gasteiger partial charge in [-0.05, 0) is 36.6 Å². The zero-order valence-corrected chi connectivity index (χ0v) is 8.78. The van der Waals surface area contributed by atoms with E-state index in [1.165, 1.54) is 6.07 Å². The smallest absolute Gasteiger partial charge is 0.128 e. The third-order valence-electron chi connectivity index (χ3n) is 1.99. The van der Waals surface area contributed by atoms with Crippen molar-refractivity contribution in [3.8, 4) is 0 Å². The lowest BCUT2D eigenvalue weighted by molar-refractivity contribution is 0.558. The molecule has 4 heteroatoms. The molecule has 1 atom stereocenters. The van der Waals surface area contributed by atoms with Crippen LogP contribution in [-0.2, 0) is 0 Å². The van der Waals surface area contributed by atoms with E-state index in [1.807, 2.05) is 6.26 Å². The molecular weight excluding hydrogens is 204 g/mol. The Balaban J connectivity index is 2.77. The van der Waals surface area contributed by atoms with Crippen LogP contribution in [-0.4, -0.2) is 12.0 Å². The minimum atomic E-state index is -0.444. The molecule has 0 bridgehead atoms. The first kappa shape index (κ1) is 11.5. The maximum absolute atomic E-state index is 13.2. The summed E-state index contributed by atoms with van der Waals surface area (Å²) in [5.74, 6) is -0.0297. The molecule has 1 nitrogen and oxygen atoms in total. The van der Waals surface area contributed by atoms with E-state index in [0.717, 1.165) is 17.9 Å². The number of halogens is 2. The Kier molecular flexibility index (Phi) is 4.35. The van der Waals surface area contributed by atoms with Crippen LogP contribution < -0.4 is 5.73 Å². The summed E-state index contributed by atoms with van der Waals surface area (Å²) in [5, 5.41) is 0. The molecule has 1 aromatic rings. The van der Waals surface area contributed by atoms with E-state index in [2.05, 4.69) is 0 Å². The van der Waals surface area contributed by atoms with Crippen LogP contribution in [0.5, 0.6) is 0 Å². The van der Waals surface area contributed by atoms with Gasteiger partial charge in [0.05, 0.1) is 0 Å². The minimum Gasteiger partial charge on any atom is -0.324 e. The number of rotatable bonds is 4. The minimum absolute atomic E-state index is 0.263. The summed E-state index contributed by atoms with van der Waals surface area (Å²) in [6.45, 7) is 0. The number of hydrogen-bond acceptors (Lipinski definition) is 2. The standard InChI is InChI=1S/C10H13F2NS/c1-14-5-4-10(13)8-6-7(11)2-3-9(8)12/h2-3,6,10H,4-5,13H2,1H3. The van der Waals surface area contributed by atoms with Crippen LogP contribution in [0.4, 0.5) is 8.78 Å².